The molecule has 1 aromatic carbocycles. The number of halogens is 2. The first-order valence-electron chi connectivity index (χ1n) is 4.54. The van der Waals surface area contributed by atoms with Gasteiger partial charge in [-0.3, -0.25) is 4.79 Å². The van der Waals surface area contributed by atoms with E-state index in [1.54, 1.807) is 12.6 Å². The molecule has 1 aromatic heterocycles. The molecule has 0 atom stereocenters. The van der Waals surface area contributed by atoms with E-state index in [4.69, 9.17) is 0 Å². The van der Waals surface area contributed by atoms with Crippen molar-refractivity contribution in [2.45, 2.75) is 0 Å². The van der Waals surface area contributed by atoms with E-state index in [0.717, 1.165) is 11.3 Å². The molecule has 0 fully saturated rings. The lowest BCUT2D eigenvalue weighted by molar-refractivity contribution is 0.0967. The molecule has 17 heavy (non-hydrogen) atoms. The van der Waals surface area contributed by atoms with Crippen LogP contribution in [0.5, 0.6) is 0 Å². The fourth-order valence-electron chi connectivity index (χ4n) is 1.32. The van der Waals surface area contributed by atoms with Gasteiger partial charge in [0.2, 0.25) is 0 Å². The van der Waals surface area contributed by atoms with Crippen LogP contribution in [0.3, 0.4) is 0 Å². The van der Waals surface area contributed by atoms with Crippen LogP contribution in [0, 0.1) is 0 Å². The normalized spacial score (nSPS) is 8.76. The summed E-state index contributed by atoms with van der Waals surface area (Å²) < 4.78 is 0. The Morgan fingerprint density at radius 2 is 1.88 bits per heavy atom. The Balaban J connectivity index is 0.00000128. The van der Waals surface area contributed by atoms with Gasteiger partial charge in [0.25, 0.3) is 5.91 Å². The number of nitrogens with one attached hydrogen (secondary N) is 1. The zero-order valence-electron chi connectivity index (χ0n) is 9.04. The van der Waals surface area contributed by atoms with E-state index in [-0.39, 0.29) is 30.7 Å². The van der Waals surface area contributed by atoms with Crippen molar-refractivity contribution in [3.05, 3.63) is 40.7 Å². The highest BCUT2D eigenvalue weighted by atomic mass is 35.5. The van der Waals surface area contributed by atoms with Crippen molar-refractivity contribution >= 4 is 42.1 Å². The Morgan fingerprint density at radius 1 is 1.24 bits per heavy atom. The quantitative estimate of drug-likeness (QED) is 0.924. The molecule has 1 amide bonds. The van der Waals surface area contributed by atoms with Crippen LogP contribution in [0.25, 0.3) is 11.3 Å². The lowest BCUT2D eigenvalue weighted by Crippen LogP contribution is -2.17. The summed E-state index contributed by atoms with van der Waals surface area (Å²) in [5.41, 5.74) is 3.41. The summed E-state index contributed by atoms with van der Waals surface area (Å²) in [4.78, 5) is 16.4. The van der Waals surface area contributed by atoms with Crippen LogP contribution < -0.4 is 5.32 Å². The molecule has 0 saturated heterocycles. The van der Waals surface area contributed by atoms with Crippen LogP contribution >= 0.6 is 36.2 Å². The highest BCUT2D eigenvalue weighted by molar-refractivity contribution is 7.12. The van der Waals surface area contributed by atoms with Crippen molar-refractivity contribution in [2.24, 2.45) is 0 Å². The van der Waals surface area contributed by atoms with Crippen LogP contribution in [-0.2, 0) is 0 Å². The highest BCUT2D eigenvalue weighted by Gasteiger charge is 2.14. The van der Waals surface area contributed by atoms with E-state index in [2.05, 4.69) is 10.3 Å². The number of carbonyl (C=O) groups is 1. The van der Waals surface area contributed by atoms with Crippen molar-refractivity contribution in [1.29, 1.82) is 0 Å². The van der Waals surface area contributed by atoms with Gasteiger partial charge >= 0.3 is 0 Å². The summed E-state index contributed by atoms with van der Waals surface area (Å²) in [6.07, 6.45) is 0. The average molecular weight is 291 g/mol. The van der Waals surface area contributed by atoms with Crippen molar-refractivity contribution in [2.75, 3.05) is 7.05 Å². The summed E-state index contributed by atoms with van der Waals surface area (Å²) in [6, 6.07) is 9.70. The lowest BCUT2D eigenvalue weighted by Gasteiger charge is -2.00. The smallest absolute Gasteiger partial charge is 0.263 e. The molecule has 0 spiro atoms. The monoisotopic (exact) mass is 290 g/mol. The molecule has 0 bridgehead atoms. The van der Waals surface area contributed by atoms with E-state index in [1.807, 2.05) is 30.3 Å². The van der Waals surface area contributed by atoms with Gasteiger partial charge in [-0.1, -0.05) is 30.3 Å². The second-order valence-corrected chi connectivity index (χ2v) is 3.83. The lowest BCUT2D eigenvalue weighted by atomic mass is 10.1. The Kier molecular flexibility index (Phi) is 6.80. The molecule has 92 valence electrons. The number of aromatic nitrogens is 1. The molecule has 0 radical (unpaired) electrons. The molecule has 3 nitrogen and oxygen atoms in total. The zero-order valence-corrected chi connectivity index (χ0v) is 11.5. The Morgan fingerprint density at radius 3 is 2.47 bits per heavy atom. The van der Waals surface area contributed by atoms with E-state index in [1.165, 1.54) is 11.3 Å². The minimum absolute atomic E-state index is 0. The molecule has 0 aliphatic rings. The van der Waals surface area contributed by atoms with Gasteiger partial charge in [0, 0.05) is 12.6 Å². The molecule has 1 N–H and O–H groups in total. The maximum absolute atomic E-state index is 11.5. The first-order valence-corrected chi connectivity index (χ1v) is 5.42. The predicted octanol–water partition coefficient (Wildman–Crippen LogP) is 3.01. The van der Waals surface area contributed by atoms with Crippen LogP contribution in [0.4, 0.5) is 0 Å². The van der Waals surface area contributed by atoms with Gasteiger partial charge in [-0.2, -0.15) is 0 Å². The second-order valence-electron chi connectivity index (χ2n) is 2.98. The summed E-state index contributed by atoms with van der Waals surface area (Å²) in [7, 11) is 1.62. The molecule has 2 rings (SSSR count). The number of hydrogen-bond acceptors (Lipinski definition) is 3. The average Bonchev–Trinajstić information content (AvgIpc) is 2.78. The molecule has 2 aromatic rings. The molecular formula is C11H12Cl2N2OS. The van der Waals surface area contributed by atoms with Crippen molar-refractivity contribution in [1.82, 2.24) is 10.3 Å². The van der Waals surface area contributed by atoms with E-state index >= 15 is 0 Å². The molecule has 0 aliphatic heterocycles. The van der Waals surface area contributed by atoms with Crippen LogP contribution in [0.1, 0.15) is 9.67 Å². The Labute approximate surface area is 116 Å². The van der Waals surface area contributed by atoms with E-state index in [0.29, 0.717) is 4.88 Å². The minimum atomic E-state index is -0.0867. The summed E-state index contributed by atoms with van der Waals surface area (Å²) in [6.45, 7) is 0. The van der Waals surface area contributed by atoms with Crippen LogP contribution in [0.2, 0.25) is 0 Å². The number of carbonyl (C=O) groups excluding carboxylic acids is 1. The molecule has 0 aliphatic carbocycles. The number of amides is 1. The molecule has 0 unspecified atom stereocenters. The first kappa shape index (κ1) is 15.9. The number of hydrogen-bond donors (Lipinski definition) is 1. The summed E-state index contributed by atoms with van der Waals surface area (Å²) in [5.74, 6) is -0.0867. The maximum atomic E-state index is 11.5. The number of nitrogens with zero attached hydrogens (tertiary/aromatic N) is 1. The van der Waals surface area contributed by atoms with Crippen LogP contribution in [0.15, 0.2) is 35.8 Å². The Hall–Kier alpha value is -1.10. The standard InChI is InChI=1S/C11H10N2OS.2ClH/c1-12-11(14)10-9(13-7-15-10)8-5-3-2-4-6-8;;/h2-7H,1H3,(H,12,14);2*1H. The van der Waals surface area contributed by atoms with Gasteiger partial charge in [-0.25, -0.2) is 4.98 Å². The molecule has 1 heterocycles. The first-order chi connectivity index (χ1) is 7.33. The fourth-order valence-corrected chi connectivity index (χ4v) is 2.08. The van der Waals surface area contributed by atoms with Gasteiger partial charge in [0.05, 0.1) is 11.2 Å². The summed E-state index contributed by atoms with van der Waals surface area (Å²) in [5, 5.41) is 2.61. The second kappa shape index (κ2) is 7.27. The number of thiazole rings is 1. The zero-order chi connectivity index (χ0) is 10.7. The largest absolute Gasteiger partial charge is 0.354 e. The third-order valence-corrected chi connectivity index (χ3v) is 2.87. The third kappa shape index (κ3) is 3.43. The predicted molar refractivity (Wildman–Crippen MR) is 75.4 cm³/mol. The SMILES string of the molecule is CNC(=O)c1scnc1-c1ccccc1.Cl.Cl. The topological polar surface area (TPSA) is 42.0 Å². The molecule has 6 heteroatoms. The maximum Gasteiger partial charge on any atom is 0.263 e. The highest BCUT2D eigenvalue weighted by Crippen LogP contribution is 2.24. The van der Waals surface area contributed by atoms with Crippen molar-refractivity contribution in [3.8, 4) is 11.3 Å². The van der Waals surface area contributed by atoms with Gasteiger partial charge in [0.15, 0.2) is 0 Å². The van der Waals surface area contributed by atoms with Gasteiger partial charge < -0.3 is 5.32 Å². The van der Waals surface area contributed by atoms with Gasteiger partial charge in [0.1, 0.15) is 4.88 Å². The number of benzene rings is 1. The molecule has 0 saturated carbocycles. The van der Waals surface area contributed by atoms with E-state index < -0.39 is 0 Å². The van der Waals surface area contributed by atoms with Crippen molar-refractivity contribution in [3.63, 3.8) is 0 Å². The minimum Gasteiger partial charge on any atom is -0.354 e. The Bertz CT molecular complexity index is 473. The van der Waals surface area contributed by atoms with Gasteiger partial charge in [-0.15, -0.1) is 36.2 Å². The van der Waals surface area contributed by atoms with E-state index in [9.17, 15) is 4.79 Å². The van der Waals surface area contributed by atoms with Gasteiger partial charge in [-0.05, 0) is 0 Å². The fraction of sp³-hybridized carbons (Fsp3) is 0.0909. The van der Waals surface area contributed by atoms with Crippen molar-refractivity contribution < 1.29 is 4.79 Å². The third-order valence-electron chi connectivity index (χ3n) is 2.05. The van der Waals surface area contributed by atoms with Crippen LogP contribution in [-0.4, -0.2) is 17.9 Å². The summed E-state index contributed by atoms with van der Waals surface area (Å²) >= 11 is 1.35. The number of rotatable bonds is 2. The molecular weight excluding hydrogens is 279 g/mol.